The zero-order valence-corrected chi connectivity index (χ0v) is 13.3. The van der Waals surface area contributed by atoms with Crippen LogP contribution in [0.15, 0.2) is 12.4 Å². The van der Waals surface area contributed by atoms with E-state index in [1.165, 1.54) is 17.3 Å². The number of hydrogen-bond acceptors (Lipinski definition) is 6. The zero-order chi connectivity index (χ0) is 16.4. The second-order valence-corrected chi connectivity index (χ2v) is 6.01. The first-order chi connectivity index (χ1) is 11.1. The quantitative estimate of drug-likeness (QED) is 0.801. The molecular formula is C15H21FN4O3. The number of rotatable bonds is 4. The van der Waals surface area contributed by atoms with Crippen molar-refractivity contribution in [2.45, 2.75) is 31.1 Å². The molecule has 0 unspecified atom stereocenters. The molecule has 126 valence electrons. The summed E-state index contributed by atoms with van der Waals surface area (Å²) in [5.41, 5.74) is 0. The fourth-order valence-corrected chi connectivity index (χ4v) is 3.10. The van der Waals surface area contributed by atoms with Crippen molar-refractivity contribution in [3.63, 3.8) is 0 Å². The minimum absolute atomic E-state index is 0.0529. The minimum Gasteiger partial charge on any atom is -0.372 e. The lowest BCUT2D eigenvalue weighted by atomic mass is 10.1. The van der Waals surface area contributed by atoms with Crippen LogP contribution in [0.3, 0.4) is 0 Å². The lowest BCUT2D eigenvalue weighted by Crippen LogP contribution is -2.52. The average Bonchev–Trinajstić information content (AvgIpc) is 2.96. The van der Waals surface area contributed by atoms with Gasteiger partial charge >= 0.3 is 0 Å². The summed E-state index contributed by atoms with van der Waals surface area (Å²) in [5, 5.41) is 0. The van der Waals surface area contributed by atoms with Gasteiger partial charge in [-0.2, -0.15) is 0 Å². The number of ether oxygens (including phenoxy) is 2. The van der Waals surface area contributed by atoms with Crippen LogP contribution in [0.25, 0.3) is 0 Å². The van der Waals surface area contributed by atoms with Crippen LogP contribution in [0.2, 0.25) is 0 Å². The Morgan fingerprint density at radius 3 is 2.87 bits per heavy atom. The second kappa shape index (κ2) is 6.76. The van der Waals surface area contributed by atoms with E-state index in [4.69, 9.17) is 9.47 Å². The van der Waals surface area contributed by atoms with Crippen LogP contribution in [-0.2, 0) is 14.3 Å². The van der Waals surface area contributed by atoms with Gasteiger partial charge in [0.25, 0.3) is 0 Å². The maximum absolute atomic E-state index is 13.0. The van der Waals surface area contributed by atoms with Gasteiger partial charge in [-0.1, -0.05) is 0 Å². The van der Waals surface area contributed by atoms with Gasteiger partial charge in [0.1, 0.15) is 12.7 Å². The molecule has 23 heavy (non-hydrogen) atoms. The fraction of sp³-hybridized carbons (Fsp3) is 0.667. The highest BCUT2D eigenvalue weighted by Crippen LogP contribution is 2.33. The van der Waals surface area contributed by atoms with Crippen molar-refractivity contribution in [1.82, 2.24) is 14.9 Å². The monoisotopic (exact) mass is 324 g/mol. The van der Waals surface area contributed by atoms with Crippen LogP contribution in [0.4, 0.5) is 10.3 Å². The summed E-state index contributed by atoms with van der Waals surface area (Å²) in [6.45, 7) is 1.25. The van der Waals surface area contributed by atoms with Crippen molar-refractivity contribution >= 4 is 11.9 Å². The molecule has 0 spiro atoms. The molecule has 1 amide bonds. The Morgan fingerprint density at radius 1 is 1.43 bits per heavy atom. The second-order valence-electron chi connectivity index (χ2n) is 6.01. The Labute approximate surface area is 134 Å². The van der Waals surface area contributed by atoms with Crippen molar-refractivity contribution in [2.75, 3.05) is 38.8 Å². The summed E-state index contributed by atoms with van der Waals surface area (Å²) in [6.07, 6.45) is 3.79. The highest BCUT2D eigenvalue weighted by Gasteiger charge is 2.44. The number of hydrogen-bond donors (Lipinski definition) is 0. The molecule has 3 atom stereocenters. The topological polar surface area (TPSA) is 67.8 Å². The Morgan fingerprint density at radius 2 is 2.17 bits per heavy atom. The number of anilines is 1. The number of likely N-dealkylation sites (N-methyl/N-ethyl adjacent to an activating group) is 1. The van der Waals surface area contributed by atoms with Crippen molar-refractivity contribution in [2.24, 2.45) is 0 Å². The molecule has 1 saturated heterocycles. The third-order valence-electron chi connectivity index (χ3n) is 4.32. The summed E-state index contributed by atoms with van der Waals surface area (Å²) in [4.78, 5) is 23.4. The number of morpholine rings is 1. The normalized spacial score (nSPS) is 26.9. The molecular weight excluding hydrogens is 303 g/mol. The van der Waals surface area contributed by atoms with Gasteiger partial charge in [-0.25, -0.2) is 14.4 Å². The molecule has 2 aliphatic rings. The predicted octanol–water partition coefficient (Wildman–Crippen LogP) is 0.457. The Kier molecular flexibility index (Phi) is 4.72. The molecule has 2 heterocycles. The number of carbonyl (C=O) groups excluding carboxylic acids is 1. The molecule has 1 aromatic rings. The summed E-state index contributed by atoms with van der Waals surface area (Å²) >= 11 is 0. The zero-order valence-electron chi connectivity index (χ0n) is 13.3. The number of fused-ring (bicyclic) bond motifs is 1. The predicted molar refractivity (Wildman–Crippen MR) is 80.5 cm³/mol. The summed E-state index contributed by atoms with van der Waals surface area (Å²) in [5.74, 6) is -0.00825. The van der Waals surface area contributed by atoms with Crippen LogP contribution in [0, 0.1) is 5.82 Å². The SMILES string of the molecule is CN(C)C(=O)CO[C@@H]1CC[C@H]2[C@H]1OCCN2c1ncc(F)cn1. The van der Waals surface area contributed by atoms with Crippen LogP contribution < -0.4 is 4.90 Å². The van der Waals surface area contributed by atoms with Crippen molar-refractivity contribution in [1.29, 1.82) is 0 Å². The highest BCUT2D eigenvalue weighted by atomic mass is 19.1. The van der Waals surface area contributed by atoms with E-state index in [2.05, 4.69) is 9.97 Å². The van der Waals surface area contributed by atoms with E-state index in [0.29, 0.717) is 19.1 Å². The lowest BCUT2D eigenvalue weighted by Gasteiger charge is -2.39. The summed E-state index contributed by atoms with van der Waals surface area (Å²) in [7, 11) is 3.40. The fourth-order valence-electron chi connectivity index (χ4n) is 3.10. The Bertz CT molecular complexity index is 554. The summed E-state index contributed by atoms with van der Waals surface area (Å²) < 4.78 is 24.6. The summed E-state index contributed by atoms with van der Waals surface area (Å²) in [6, 6.07) is 0.0914. The average molecular weight is 324 g/mol. The number of aromatic nitrogens is 2. The van der Waals surface area contributed by atoms with E-state index < -0.39 is 5.82 Å². The highest BCUT2D eigenvalue weighted by molar-refractivity contribution is 5.76. The molecule has 1 saturated carbocycles. The molecule has 0 N–H and O–H groups in total. The molecule has 2 fully saturated rings. The van der Waals surface area contributed by atoms with Gasteiger partial charge in [0.15, 0.2) is 5.82 Å². The number of amides is 1. The van der Waals surface area contributed by atoms with Crippen molar-refractivity contribution in [3.8, 4) is 0 Å². The van der Waals surface area contributed by atoms with E-state index in [9.17, 15) is 9.18 Å². The molecule has 0 radical (unpaired) electrons. The maximum atomic E-state index is 13.0. The molecule has 0 aromatic carbocycles. The molecule has 7 nitrogen and oxygen atoms in total. The van der Waals surface area contributed by atoms with Crippen LogP contribution in [0.1, 0.15) is 12.8 Å². The number of nitrogens with zero attached hydrogens (tertiary/aromatic N) is 4. The third kappa shape index (κ3) is 3.42. The van der Waals surface area contributed by atoms with E-state index >= 15 is 0 Å². The maximum Gasteiger partial charge on any atom is 0.248 e. The van der Waals surface area contributed by atoms with Gasteiger partial charge in [-0.3, -0.25) is 4.79 Å². The van der Waals surface area contributed by atoms with Gasteiger partial charge in [-0.15, -0.1) is 0 Å². The van der Waals surface area contributed by atoms with Gasteiger partial charge in [-0.05, 0) is 12.8 Å². The third-order valence-corrected chi connectivity index (χ3v) is 4.32. The molecule has 1 aliphatic heterocycles. The lowest BCUT2D eigenvalue weighted by molar-refractivity contribution is -0.139. The minimum atomic E-state index is -0.451. The smallest absolute Gasteiger partial charge is 0.248 e. The molecule has 1 aromatic heterocycles. The Balaban J connectivity index is 1.65. The van der Waals surface area contributed by atoms with Gasteiger partial charge < -0.3 is 19.3 Å². The molecule has 3 rings (SSSR count). The van der Waals surface area contributed by atoms with Gasteiger partial charge in [0.2, 0.25) is 11.9 Å². The first-order valence-corrected chi connectivity index (χ1v) is 7.74. The van der Waals surface area contributed by atoms with Gasteiger partial charge in [0.05, 0.1) is 31.1 Å². The first kappa shape index (κ1) is 16.1. The van der Waals surface area contributed by atoms with Crippen molar-refractivity contribution < 1.29 is 18.7 Å². The van der Waals surface area contributed by atoms with Crippen molar-refractivity contribution in [3.05, 3.63) is 18.2 Å². The number of halogens is 1. The Hall–Kier alpha value is -1.80. The van der Waals surface area contributed by atoms with E-state index in [1.54, 1.807) is 14.1 Å². The van der Waals surface area contributed by atoms with Crippen LogP contribution >= 0.6 is 0 Å². The standard InChI is InChI=1S/C15H21FN4O3/c1-19(2)13(21)9-23-12-4-3-11-14(12)22-6-5-20(11)15-17-7-10(16)8-18-15/h7-8,11-12,14H,3-6,9H2,1-2H3/t11-,12+,14+/m0/s1. The largest absolute Gasteiger partial charge is 0.372 e. The van der Waals surface area contributed by atoms with E-state index in [-0.39, 0.29) is 30.8 Å². The molecule has 1 aliphatic carbocycles. The number of carbonyl (C=O) groups is 1. The van der Waals surface area contributed by atoms with Crippen LogP contribution in [-0.4, -0.2) is 72.9 Å². The van der Waals surface area contributed by atoms with E-state index in [1.807, 2.05) is 4.90 Å². The molecule has 8 heteroatoms. The molecule has 0 bridgehead atoms. The van der Waals surface area contributed by atoms with E-state index in [0.717, 1.165) is 12.8 Å². The first-order valence-electron chi connectivity index (χ1n) is 7.74. The van der Waals surface area contributed by atoms with Gasteiger partial charge in [0, 0.05) is 20.6 Å². The van der Waals surface area contributed by atoms with Crippen LogP contribution in [0.5, 0.6) is 0 Å².